The molecule has 0 aromatic heterocycles. The van der Waals surface area contributed by atoms with Crippen LogP contribution in [-0.4, -0.2) is 23.5 Å². The lowest BCUT2D eigenvalue weighted by Crippen LogP contribution is -2.33. The molecule has 0 spiro atoms. The van der Waals surface area contributed by atoms with Crippen molar-refractivity contribution in [2.45, 2.75) is 12.5 Å². The SMILES string of the molecule is [N-]=[N+]=NCCC(C(=O)Oc1ccccc1)[N+](=O)[O-]. The number of carbonyl (C=O) groups is 1. The number of esters is 1. The molecule has 8 nitrogen and oxygen atoms in total. The Labute approximate surface area is 102 Å². The molecule has 0 saturated heterocycles. The Kier molecular flexibility index (Phi) is 5.14. The number of nitro groups is 1. The molecule has 8 heteroatoms. The fourth-order valence-corrected chi connectivity index (χ4v) is 1.21. The second kappa shape index (κ2) is 6.87. The number of benzene rings is 1. The molecular weight excluding hydrogens is 240 g/mol. The van der Waals surface area contributed by atoms with Crippen LogP contribution >= 0.6 is 0 Å². The minimum absolute atomic E-state index is 0.133. The number of hydrogen-bond donors (Lipinski definition) is 0. The Balaban J connectivity index is 2.65. The van der Waals surface area contributed by atoms with Gasteiger partial charge >= 0.3 is 12.0 Å². The number of rotatable bonds is 6. The van der Waals surface area contributed by atoms with Crippen LogP contribution < -0.4 is 4.74 Å². The summed E-state index contributed by atoms with van der Waals surface area (Å²) >= 11 is 0. The molecule has 1 aromatic rings. The standard InChI is InChI=1S/C10H10N4O4/c11-13-12-7-6-9(14(16)17)10(15)18-8-4-2-1-3-5-8/h1-5,9H,6-7H2. The van der Waals surface area contributed by atoms with Crippen LogP contribution in [0.3, 0.4) is 0 Å². The molecular formula is C10H10N4O4. The van der Waals surface area contributed by atoms with Gasteiger partial charge in [-0.1, -0.05) is 23.3 Å². The van der Waals surface area contributed by atoms with E-state index in [4.69, 9.17) is 10.3 Å². The minimum atomic E-state index is -1.53. The molecule has 94 valence electrons. The van der Waals surface area contributed by atoms with Gasteiger partial charge in [-0.3, -0.25) is 10.1 Å². The monoisotopic (exact) mass is 250 g/mol. The Bertz CT molecular complexity index is 470. The lowest BCUT2D eigenvalue weighted by Gasteiger charge is -2.07. The highest BCUT2D eigenvalue weighted by Crippen LogP contribution is 2.11. The number of ether oxygens (including phenoxy) is 1. The van der Waals surface area contributed by atoms with E-state index in [1.165, 1.54) is 12.1 Å². The van der Waals surface area contributed by atoms with Crippen molar-refractivity contribution in [2.75, 3.05) is 6.54 Å². The molecule has 0 aliphatic carbocycles. The molecule has 1 atom stereocenters. The highest BCUT2D eigenvalue weighted by molar-refractivity contribution is 5.76. The summed E-state index contributed by atoms with van der Waals surface area (Å²) < 4.78 is 4.85. The second-order valence-corrected chi connectivity index (χ2v) is 3.28. The zero-order valence-corrected chi connectivity index (χ0v) is 9.30. The lowest BCUT2D eigenvalue weighted by molar-refractivity contribution is -0.510. The smallest absolute Gasteiger partial charge is 0.387 e. The quantitative estimate of drug-likeness (QED) is 0.146. The summed E-state index contributed by atoms with van der Waals surface area (Å²) in [5.41, 5.74) is 8.06. The van der Waals surface area contributed by atoms with Crippen molar-refractivity contribution >= 4 is 5.97 Å². The predicted octanol–water partition coefficient (Wildman–Crippen LogP) is 1.94. The molecule has 0 fully saturated rings. The highest BCUT2D eigenvalue weighted by atomic mass is 16.6. The first kappa shape index (κ1) is 13.5. The summed E-state index contributed by atoms with van der Waals surface area (Å²) in [6, 6.07) is 6.51. The zero-order chi connectivity index (χ0) is 13.4. The van der Waals surface area contributed by atoms with Gasteiger partial charge in [0.15, 0.2) is 0 Å². The lowest BCUT2D eigenvalue weighted by atomic mass is 10.2. The topological polar surface area (TPSA) is 118 Å². The van der Waals surface area contributed by atoms with Crippen LogP contribution in [0.5, 0.6) is 5.75 Å². The van der Waals surface area contributed by atoms with Crippen molar-refractivity contribution in [2.24, 2.45) is 5.11 Å². The summed E-state index contributed by atoms with van der Waals surface area (Å²) in [6.07, 6.45) is -0.192. The van der Waals surface area contributed by atoms with Crippen LogP contribution in [-0.2, 0) is 4.79 Å². The van der Waals surface area contributed by atoms with Crippen molar-refractivity contribution in [3.8, 4) is 5.75 Å². The van der Waals surface area contributed by atoms with Gasteiger partial charge in [0.2, 0.25) is 0 Å². The normalized spacial score (nSPS) is 11.1. The third-order valence-corrected chi connectivity index (χ3v) is 2.05. The molecule has 0 amide bonds. The zero-order valence-electron chi connectivity index (χ0n) is 9.30. The summed E-state index contributed by atoms with van der Waals surface area (Å²) in [5, 5.41) is 13.8. The Morgan fingerprint density at radius 3 is 2.72 bits per heavy atom. The average Bonchev–Trinajstić information content (AvgIpc) is 2.35. The summed E-state index contributed by atoms with van der Waals surface area (Å²) in [6.45, 7) is -0.133. The minimum Gasteiger partial charge on any atom is -0.421 e. The summed E-state index contributed by atoms with van der Waals surface area (Å²) in [7, 11) is 0. The first-order valence-corrected chi connectivity index (χ1v) is 5.06. The van der Waals surface area contributed by atoms with Crippen LogP contribution in [0.25, 0.3) is 10.4 Å². The van der Waals surface area contributed by atoms with Gasteiger partial charge in [-0.15, -0.1) is 0 Å². The van der Waals surface area contributed by atoms with Crippen LogP contribution in [0, 0.1) is 10.1 Å². The predicted molar refractivity (Wildman–Crippen MR) is 61.5 cm³/mol. The van der Waals surface area contributed by atoms with Crippen molar-refractivity contribution in [3.63, 3.8) is 0 Å². The highest BCUT2D eigenvalue weighted by Gasteiger charge is 2.31. The number of hydrogen-bond acceptors (Lipinski definition) is 5. The van der Waals surface area contributed by atoms with E-state index in [2.05, 4.69) is 10.0 Å². The van der Waals surface area contributed by atoms with E-state index in [1.54, 1.807) is 18.2 Å². The Morgan fingerprint density at radius 2 is 2.17 bits per heavy atom. The van der Waals surface area contributed by atoms with Gasteiger partial charge in [0.1, 0.15) is 5.75 Å². The van der Waals surface area contributed by atoms with Crippen LogP contribution in [0.4, 0.5) is 0 Å². The summed E-state index contributed by atoms with van der Waals surface area (Å²) in [4.78, 5) is 24.0. The number of nitrogens with zero attached hydrogens (tertiary/aromatic N) is 4. The molecule has 18 heavy (non-hydrogen) atoms. The van der Waals surface area contributed by atoms with E-state index in [0.717, 1.165) is 0 Å². The van der Waals surface area contributed by atoms with Gasteiger partial charge in [-0.05, 0) is 17.7 Å². The van der Waals surface area contributed by atoms with E-state index in [9.17, 15) is 14.9 Å². The second-order valence-electron chi connectivity index (χ2n) is 3.28. The van der Waals surface area contributed by atoms with Crippen LogP contribution in [0.1, 0.15) is 6.42 Å². The third kappa shape index (κ3) is 4.11. The number of azide groups is 1. The van der Waals surface area contributed by atoms with Crippen molar-refractivity contribution in [1.82, 2.24) is 0 Å². The Hall–Kier alpha value is -2.60. The van der Waals surface area contributed by atoms with Gasteiger partial charge in [-0.25, -0.2) is 4.79 Å². The van der Waals surface area contributed by atoms with E-state index in [1.807, 2.05) is 0 Å². The molecule has 1 aromatic carbocycles. The van der Waals surface area contributed by atoms with E-state index >= 15 is 0 Å². The maximum atomic E-state index is 11.5. The van der Waals surface area contributed by atoms with Crippen molar-refractivity contribution in [1.29, 1.82) is 0 Å². The third-order valence-electron chi connectivity index (χ3n) is 2.05. The molecule has 0 aliphatic heterocycles. The van der Waals surface area contributed by atoms with E-state index < -0.39 is 16.9 Å². The van der Waals surface area contributed by atoms with Gasteiger partial charge in [0.05, 0.1) is 0 Å². The van der Waals surface area contributed by atoms with Crippen LogP contribution in [0.15, 0.2) is 35.4 Å². The first-order chi connectivity index (χ1) is 8.65. The maximum absolute atomic E-state index is 11.5. The molecule has 0 bridgehead atoms. The van der Waals surface area contributed by atoms with Crippen molar-refractivity contribution < 1.29 is 14.5 Å². The van der Waals surface area contributed by atoms with Gasteiger partial charge in [-0.2, -0.15) is 0 Å². The molecule has 0 N–H and O–H groups in total. The molecule has 0 aliphatic rings. The van der Waals surface area contributed by atoms with Crippen molar-refractivity contribution in [3.05, 3.63) is 50.9 Å². The molecule has 1 rings (SSSR count). The van der Waals surface area contributed by atoms with Gasteiger partial charge in [0.25, 0.3) is 0 Å². The first-order valence-electron chi connectivity index (χ1n) is 5.06. The maximum Gasteiger partial charge on any atom is 0.387 e. The van der Waals surface area contributed by atoms with E-state index in [-0.39, 0.29) is 18.7 Å². The fraction of sp³-hybridized carbons (Fsp3) is 0.300. The molecule has 0 heterocycles. The molecule has 0 radical (unpaired) electrons. The fourth-order valence-electron chi connectivity index (χ4n) is 1.21. The van der Waals surface area contributed by atoms with Gasteiger partial charge in [0, 0.05) is 22.8 Å². The van der Waals surface area contributed by atoms with Gasteiger partial charge < -0.3 is 4.74 Å². The number of carbonyl (C=O) groups excluding carboxylic acids is 1. The summed E-state index contributed by atoms with van der Waals surface area (Å²) in [5.74, 6) is -0.738. The Morgan fingerprint density at radius 1 is 1.50 bits per heavy atom. The van der Waals surface area contributed by atoms with Crippen LogP contribution in [0.2, 0.25) is 0 Å². The number of para-hydroxylation sites is 1. The average molecular weight is 250 g/mol. The molecule has 0 saturated carbocycles. The molecule has 1 unspecified atom stereocenters. The largest absolute Gasteiger partial charge is 0.421 e. The van der Waals surface area contributed by atoms with E-state index in [0.29, 0.717) is 0 Å².